The lowest BCUT2D eigenvalue weighted by atomic mass is 9.93. The van der Waals surface area contributed by atoms with Crippen LogP contribution in [0.4, 0.5) is 11.4 Å². The SMILES string of the molecule is CCCC1CCCN(C(=O)c2ccc(N)c([N+](=O)[O-])c2)C1. The van der Waals surface area contributed by atoms with E-state index in [2.05, 4.69) is 6.92 Å². The normalized spacial score (nSPS) is 18.5. The summed E-state index contributed by atoms with van der Waals surface area (Å²) in [5.41, 5.74) is 5.78. The Bertz CT molecular complexity index is 543. The molecule has 1 aliphatic rings. The first-order valence-corrected chi connectivity index (χ1v) is 7.36. The topological polar surface area (TPSA) is 89.5 Å². The van der Waals surface area contributed by atoms with Crippen molar-refractivity contribution in [1.82, 2.24) is 4.90 Å². The van der Waals surface area contributed by atoms with E-state index in [4.69, 9.17) is 5.73 Å². The number of nitrogens with two attached hydrogens (primary N) is 1. The summed E-state index contributed by atoms with van der Waals surface area (Å²) in [4.78, 5) is 24.7. The van der Waals surface area contributed by atoms with Crippen molar-refractivity contribution in [3.63, 3.8) is 0 Å². The first kappa shape index (κ1) is 15.3. The van der Waals surface area contributed by atoms with Crippen molar-refractivity contribution < 1.29 is 9.72 Å². The molecule has 1 heterocycles. The maximum atomic E-state index is 12.5. The van der Waals surface area contributed by atoms with Gasteiger partial charge in [-0.3, -0.25) is 14.9 Å². The Labute approximate surface area is 124 Å². The third-order valence-corrected chi connectivity index (χ3v) is 3.98. The van der Waals surface area contributed by atoms with Crippen LogP contribution < -0.4 is 5.73 Å². The number of hydrogen-bond acceptors (Lipinski definition) is 4. The van der Waals surface area contributed by atoms with Crippen molar-refractivity contribution >= 4 is 17.3 Å². The highest BCUT2D eigenvalue weighted by Crippen LogP contribution is 2.26. The Kier molecular flexibility index (Phi) is 4.77. The van der Waals surface area contributed by atoms with E-state index < -0.39 is 4.92 Å². The van der Waals surface area contributed by atoms with Crippen molar-refractivity contribution in [3.8, 4) is 0 Å². The molecule has 1 saturated heterocycles. The number of benzene rings is 1. The van der Waals surface area contributed by atoms with Gasteiger partial charge in [-0.25, -0.2) is 0 Å². The summed E-state index contributed by atoms with van der Waals surface area (Å²) in [6.07, 6.45) is 4.37. The number of hydrogen-bond donors (Lipinski definition) is 1. The minimum absolute atomic E-state index is 0.0825. The Morgan fingerprint density at radius 1 is 1.52 bits per heavy atom. The Hall–Kier alpha value is -2.11. The highest BCUT2D eigenvalue weighted by atomic mass is 16.6. The first-order valence-electron chi connectivity index (χ1n) is 7.36. The molecule has 6 heteroatoms. The number of anilines is 1. The van der Waals surface area contributed by atoms with E-state index in [1.807, 2.05) is 0 Å². The molecule has 1 fully saturated rings. The van der Waals surface area contributed by atoms with E-state index in [0.29, 0.717) is 11.5 Å². The summed E-state index contributed by atoms with van der Waals surface area (Å²) in [6.45, 7) is 3.60. The fourth-order valence-electron chi connectivity index (χ4n) is 2.91. The van der Waals surface area contributed by atoms with E-state index in [1.54, 1.807) is 11.0 Å². The van der Waals surface area contributed by atoms with Crippen LogP contribution in [-0.2, 0) is 0 Å². The highest BCUT2D eigenvalue weighted by molar-refractivity contribution is 5.95. The lowest BCUT2D eigenvalue weighted by Gasteiger charge is -2.32. The molecule has 1 aromatic carbocycles. The van der Waals surface area contributed by atoms with E-state index in [9.17, 15) is 14.9 Å². The van der Waals surface area contributed by atoms with E-state index in [0.717, 1.165) is 38.8 Å². The van der Waals surface area contributed by atoms with Gasteiger partial charge in [0.25, 0.3) is 11.6 Å². The van der Waals surface area contributed by atoms with Gasteiger partial charge in [0.1, 0.15) is 5.69 Å². The fourth-order valence-corrected chi connectivity index (χ4v) is 2.91. The average molecular weight is 291 g/mol. The Morgan fingerprint density at radius 3 is 2.95 bits per heavy atom. The molecular formula is C15H21N3O3. The fraction of sp³-hybridized carbons (Fsp3) is 0.533. The van der Waals surface area contributed by atoms with Crippen LogP contribution in [0, 0.1) is 16.0 Å². The second-order valence-electron chi connectivity index (χ2n) is 5.58. The van der Waals surface area contributed by atoms with Gasteiger partial charge in [0.2, 0.25) is 0 Å². The van der Waals surface area contributed by atoms with Crippen LogP contribution in [0.15, 0.2) is 18.2 Å². The van der Waals surface area contributed by atoms with Crippen molar-refractivity contribution in [2.75, 3.05) is 18.8 Å². The smallest absolute Gasteiger partial charge is 0.292 e. The number of rotatable bonds is 4. The quantitative estimate of drug-likeness (QED) is 0.524. The highest BCUT2D eigenvalue weighted by Gasteiger charge is 2.25. The summed E-state index contributed by atoms with van der Waals surface area (Å²) in [5, 5.41) is 10.9. The molecule has 1 atom stereocenters. The molecule has 2 N–H and O–H groups in total. The number of nitro benzene ring substituents is 1. The molecule has 0 aliphatic carbocycles. The van der Waals surface area contributed by atoms with Crippen LogP contribution in [0.3, 0.4) is 0 Å². The molecule has 1 amide bonds. The molecule has 1 aromatic rings. The van der Waals surface area contributed by atoms with Crippen molar-refractivity contribution in [3.05, 3.63) is 33.9 Å². The minimum atomic E-state index is -0.553. The van der Waals surface area contributed by atoms with E-state index in [1.165, 1.54) is 12.1 Å². The summed E-state index contributed by atoms with van der Waals surface area (Å²) in [7, 11) is 0. The number of nitro groups is 1. The van der Waals surface area contributed by atoms with Gasteiger partial charge in [0.15, 0.2) is 0 Å². The van der Waals surface area contributed by atoms with Crippen LogP contribution in [0.2, 0.25) is 0 Å². The maximum Gasteiger partial charge on any atom is 0.292 e. The summed E-state index contributed by atoms with van der Waals surface area (Å²) >= 11 is 0. The van der Waals surface area contributed by atoms with Crippen LogP contribution in [0.25, 0.3) is 0 Å². The van der Waals surface area contributed by atoms with Gasteiger partial charge in [-0.15, -0.1) is 0 Å². The zero-order chi connectivity index (χ0) is 15.4. The zero-order valence-electron chi connectivity index (χ0n) is 12.2. The maximum absolute atomic E-state index is 12.5. The van der Waals surface area contributed by atoms with Crippen LogP contribution in [0.5, 0.6) is 0 Å². The molecule has 0 radical (unpaired) electrons. The van der Waals surface area contributed by atoms with Gasteiger partial charge in [-0.1, -0.05) is 13.3 Å². The average Bonchev–Trinajstić information content (AvgIpc) is 2.47. The van der Waals surface area contributed by atoms with E-state index in [-0.39, 0.29) is 17.3 Å². The molecule has 1 unspecified atom stereocenters. The second-order valence-corrected chi connectivity index (χ2v) is 5.58. The molecule has 0 aromatic heterocycles. The second kappa shape index (κ2) is 6.56. The monoisotopic (exact) mass is 291 g/mol. The zero-order valence-corrected chi connectivity index (χ0v) is 12.2. The number of carbonyl (C=O) groups excluding carboxylic acids is 1. The Morgan fingerprint density at radius 2 is 2.29 bits per heavy atom. The number of nitrogens with zero attached hydrogens (tertiary/aromatic N) is 2. The molecule has 0 spiro atoms. The van der Waals surface area contributed by atoms with Gasteiger partial charge < -0.3 is 10.6 Å². The van der Waals surface area contributed by atoms with Crippen LogP contribution >= 0.6 is 0 Å². The first-order chi connectivity index (χ1) is 10.0. The largest absolute Gasteiger partial charge is 0.393 e. The molecule has 0 bridgehead atoms. The molecule has 21 heavy (non-hydrogen) atoms. The predicted octanol–water partition coefficient (Wildman–Crippen LogP) is 2.83. The third-order valence-electron chi connectivity index (χ3n) is 3.98. The Balaban J connectivity index is 2.16. The van der Waals surface area contributed by atoms with Gasteiger partial charge >= 0.3 is 0 Å². The number of carbonyl (C=O) groups is 1. The van der Waals surface area contributed by atoms with Gasteiger partial charge in [-0.05, 0) is 37.3 Å². The lowest BCUT2D eigenvalue weighted by molar-refractivity contribution is -0.383. The molecule has 114 valence electrons. The standard InChI is InChI=1S/C15H21N3O3/c1-2-4-11-5-3-8-17(10-11)15(19)12-6-7-13(16)14(9-12)18(20)21/h6-7,9,11H,2-5,8,10,16H2,1H3. The predicted molar refractivity (Wildman–Crippen MR) is 81.0 cm³/mol. The van der Waals surface area contributed by atoms with E-state index >= 15 is 0 Å². The summed E-state index contributed by atoms with van der Waals surface area (Å²) in [6, 6.07) is 4.27. The molecular weight excluding hydrogens is 270 g/mol. The number of amides is 1. The number of piperidine rings is 1. The number of nitrogen functional groups attached to an aromatic ring is 1. The minimum Gasteiger partial charge on any atom is -0.393 e. The third kappa shape index (κ3) is 3.51. The van der Waals surface area contributed by atoms with Crippen LogP contribution in [0.1, 0.15) is 43.0 Å². The van der Waals surface area contributed by atoms with Gasteiger partial charge in [0.05, 0.1) is 4.92 Å². The molecule has 1 aliphatic heterocycles. The molecule has 0 saturated carbocycles. The lowest BCUT2D eigenvalue weighted by Crippen LogP contribution is -2.39. The summed E-state index contributed by atoms with van der Waals surface area (Å²) in [5.74, 6) is 0.398. The van der Waals surface area contributed by atoms with Crippen LogP contribution in [-0.4, -0.2) is 28.8 Å². The van der Waals surface area contributed by atoms with Crippen molar-refractivity contribution in [1.29, 1.82) is 0 Å². The molecule has 2 rings (SSSR count). The summed E-state index contributed by atoms with van der Waals surface area (Å²) < 4.78 is 0. The van der Waals surface area contributed by atoms with Crippen molar-refractivity contribution in [2.45, 2.75) is 32.6 Å². The molecule has 6 nitrogen and oxygen atoms in total. The van der Waals surface area contributed by atoms with Gasteiger partial charge in [0, 0.05) is 24.7 Å². The van der Waals surface area contributed by atoms with Crippen molar-refractivity contribution in [2.24, 2.45) is 5.92 Å². The van der Waals surface area contributed by atoms with Gasteiger partial charge in [-0.2, -0.15) is 0 Å². The number of likely N-dealkylation sites (tertiary alicyclic amines) is 1.